The molecule has 4 aromatic rings. The summed E-state index contributed by atoms with van der Waals surface area (Å²) in [7, 11) is 1.84. The van der Waals surface area contributed by atoms with Gasteiger partial charge in [0.2, 0.25) is 0 Å². The van der Waals surface area contributed by atoms with Crippen molar-refractivity contribution in [2.75, 3.05) is 0 Å². The second kappa shape index (κ2) is 6.51. The molecule has 0 spiro atoms. The van der Waals surface area contributed by atoms with Gasteiger partial charge >= 0.3 is 0 Å². The first-order valence-electron chi connectivity index (χ1n) is 8.45. The summed E-state index contributed by atoms with van der Waals surface area (Å²) in [6.07, 6.45) is 7.28. The maximum atomic E-state index is 13.5. The first-order chi connectivity index (χ1) is 13.1. The van der Waals surface area contributed by atoms with Gasteiger partial charge in [-0.05, 0) is 23.7 Å². The summed E-state index contributed by atoms with van der Waals surface area (Å²) in [6, 6.07) is 10.7. The molecule has 0 saturated carbocycles. The number of benzene rings is 1. The highest BCUT2D eigenvalue weighted by molar-refractivity contribution is 5.80. The van der Waals surface area contributed by atoms with Gasteiger partial charge in [-0.3, -0.25) is 14.0 Å². The van der Waals surface area contributed by atoms with Crippen molar-refractivity contribution in [3.05, 3.63) is 87.7 Å². The van der Waals surface area contributed by atoms with Crippen LogP contribution in [0.2, 0.25) is 0 Å². The van der Waals surface area contributed by atoms with Crippen LogP contribution < -0.4 is 5.56 Å². The van der Waals surface area contributed by atoms with E-state index in [2.05, 4.69) is 15.1 Å². The zero-order valence-corrected chi connectivity index (χ0v) is 14.9. The standard InChI is InChI=1S/C19H17N7O/c1-13(22-23-20)17-12-25-9-8-16(14-10-21-24(2)11-14)18(25)19(27)26(17)15-6-4-3-5-7-15/h3-13H,1-2H3. The first kappa shape index (κ1) is 16.7. The summed E-state index contributed by atoms with van der Waals surface area (Å²) < 4.78 is 5.09. The summed E-state index contributed by atoms with van der Waals surface area (Å²) in [5.41, 5.74) is 12.2. The van der Waals surface area contributed by atoms with Crippen molar-refractivity contribution in [3.63, 3.8) is 0 Å². The van der Waals surface area contributed by atoms with Gasteiger partial charge in [0.1, 0.15) is 5.52 Å². The molecule has 4 rings (SSSR count). The third kappa shape index (κ3) is 2.78. The topological polar surface area (TPSA) is 93.0 Å². The predicted octanol–water partition coefficient (Wildman–Crippen LogP) is 3.86. The third-order valence-electron chi connectivity index (χ3n) is 4.53. The molecule has 0 bridgehead atoms. The van der Waals surface area contributed by atoms with Crippen LogP contribution in [-0.2, 0) is 7.05 Å². The van der Waals surface area contributed by atoms with E-state index in [0.717, 1.165) is 16.8 Å². The highest BCUT2D eigenvalue weighted by atomic mass is 16.1. The minimum absolute atomic E-state index is 0.178. The zero-order valence-electron chi connectivity index (χ0n) is 14.9. The molecular formula is C19H17N7O. The molecule has 0 aliphatic heterocycles. The lowest BCUT2D eigenvalue weighted by Gasteiger charge is -2.16. The van der Waals surface area contributed by atoms with Gasteiger partial charge in [0.15, 0.2) is 0 Å². The molecule has 8 heteroatoms. The van der Waals surface area contributed by atoms with Crippen molar-refractivity contribution >= 4 is 5.52 Å². The lowest BCUT2D eigenvalue weighted by Crippen LogP contribution is -2.25. The smallest absolute Gasteiger partial charge is 0.280 e. The predicted molar refractivity (Wildman–Crippen MR) is 103 cm³/mol. The Kier molecular flexibility index (Phi) is 4.02. The Morgan fingerprint density at radius 2 is 1.96 bits per heavy atom. The highest BCUT2D eigenvalue weighted by Gasteiger charge is 2.19. The number of aryl methyl sites for hydroxylation is 1. The maximum absolute atomic E-state index is 13.5. The van der Waals surface area contributed by atoms with E-state index in [9.17, 15) is 4.79 Å². The van der Waals surface area contributed by atoms with Crippen LogP contribution in [0, 0.1) is 0 Å². The molecule has 0 radical (unpaired) electrons. The molecule has 0 saturated heterocycles. The molecule has 0 N–H and O–H groups in total. The van der Waals surface area contributed by atoms with Gasteiger partial charge in [-0.2, -0.15) is 5.10 Å². The highest BCUT2D eigenvalue weighted by Crippen LogP contribution is 2.26. The maximum Gasteiger partial charge on any atom is 0.280 e. The van der Waals surface area contributed by atoms with Gasteiger partial charge in [-0.25, -0.2) is 0 Å². The van der Waals surface area contributed by atoms with Crippen molar-refractivity contribution in [2.24, 2.45) is 12.2 Å². The molecule has 3 heterocycles. The van der Waals surface area contributed by atoms with E-state index in [1.807, 2.05) is 62.0 Å². The minimum Gasteiger partial charge on any atom is -0.317 e. The summed E-state index contributed by atoms with van der Waals surface area (Å²) in [6.45, 7) is 1.77. The summed E-state index contributed by atoms with van der Waals surface area (Å²) in [5, 5.41) is 7.99. The van der Waals surface area contributed by atoms with E-state index in [1.165, 1.54) is 0 Å². The number of azide groups is 1. The zero-order chi connectivity index (χ0) is 19.0. The fraction of sp³-hybridized carbons (Fsp3) is 0.158. The van der Waals surface area contributed by atoms with E-state index in [4.69, 9.17) is 5.53 Å². The first-order valence-corrected chi connectivity index (χ1v) is 8.45. The van der Waals surface area contributed by atoms with E-state index in [-0.39, 0.29) is 5.56 Å². The molecule has 0 aliphatic rings. The largest absolute Gasteiger partial charge is 0.317 e. The molecule has 27 heavy (non-hydrogen) atoms. The number of nitrogens with zero attached hydrogens (tertiary/aromatic N) is 7. The van der Waals surface area contributed by atoms with Crippen LogP contribution in [0.5, 0.6) is 0 Å². The molecule has 1 aromatic carbocycles. The van der Waals surface area contributed by atoms with Gasteiger partial charge < -0.3 is 4.40 Å². The Bertz CT molecular complexity index is 1230. The molecule has 0 aliphatic carbocycles. The number of hydrogen-bond donors (Lipinski definition) is 0. The number of para-hydroxylation sites is 1. The quantitative estimate of drug-likeness (QED) is 0.314. The van der Waals surface area contributed by atoms with Crippen LogP contribution in [0.3, 0.4) is 0 Å². The van der Waals surface area contributed by atoms with Gasteiger partial charge in [0.05, 0.1) is 17.9 Å². The molecule has 8 nitrogen and oxygen atoms in total. The molecular weight excluding hydrogens is 342 g/mol. The van der Waals surface area contributed by atoms with Crippen LogP contribution in [0.25, 0.3) is 32.8 Å². The Morgan fingerprint density at radius 3 is 2.63 bits per heavy atom. The van der Waals surface area contributed by atoms with Crippen LogP contribution in [0.1, 0.15) is 18.7 Å². The van der Waals surface area contributed by atoms with E-state index in [0.29, 0.717) is 11.2 Å². The Hall–Kier alpha value is -3.77. The van der Waals surface area contributed by atoms with Crippen molar-refractivity contribution in [3.8, 4) is 16.8 Å². The van der Waals surface area contributed by atoms with Crippen LogP contribution in [0.4, 0.5) is 0 Å². The van der Waals surface area contributed by atoms with Gasteiger partial charge in [-0.1, -0.05) is 30.2 Å². The lowest BCUT2D eigenvalue weighted by molar-refractivity contribution is 0.713. The third-order valence-corrected chi connectivity index (χ3v) is 4.53. The summed E-state index contributed by atoms with van der Waals surface area (Å²) in [5.74, 6) is 0. The Labute approximate surface area is 154 Å². The van der Waals surface area contributed by atoms with E-state index in [1.54, 1.807) is 26.8 Å². The van der Waals surface area contributed by atoms with Gasteiger partial charge in [0.25, 0.3) is 5.56 Å². The van der Waals surface area contributed by atoms with E-state index >= 15 is 0 Å². The molecule has 1 atom stereocenters. The Balaban J connectivity index is 2.07. The SMILES string of the molecule is CC(N=[N+]=[N-])c1cn2ccc(-c3cnn(C)c3)c2c(=O)n1-c1ccccc1. The molecule has 0 fully saturated rings. The van der Waals surface area contributed by atoms with Gasteiger partial charge in [0, 0.05) is 47.4 Å². The molecule has 0 amide bonds. The minimum atomic E-state index is -0.503. The lowest BCUT2D eigenvalue weighted by atomic mass is 10.1. The van der Waals surface area contributed by atoms with Crippen LogP contribution in [0.15, 0.2) is 71.1 Å². The van der Waals surface area contributed by atoms with Crippen LogP contribution >= 0.6 is 0 Å². The molecule has 1 unspecified atom stereocenters. The monoisotopic (exact) mass is 359 g/mol. The summed E-state index contributed by atoms with van der Waals surface area (Å²) >= 11 is 0. The van der Waals surface area contributed by atoms with Crippen molar-refractivity contribution in [1.82, 2.24) is 18.7 Å². The van der Waals surface area contributed by atoms with Crippen molar-refractivity contribution in [1.29, 1.82) is 0 Å². The molecule has 134 valence electrons. The number of rotatable bonds is 4. The van der Waals surface area contributed by atoms with Crippen molar-refractivity contribution in [2.45, 2.75) is 13.0 Å². The number of hydrogen-bond acceptors (Lipinski definition) is 3. The summed E-state index contributed by atoms with van der Waals surface area (Å²) in [4.78, 5) is 16.4. The average Bonchev–Trinajstić information content (AvgIpc) is 3.28. The second-order valence-corrected chi connectivity index (χ2v) is 6.30. The number of fused-ring (bicyclic) bond motifs is 1. The number of aromatic nitrogens is 4. The van der Waals surface area contributed by atoms with Crippen LogP contribution in [-0.4, -0.2) is 18.7 Å². The second-order valence-electron chi connectivity index (χ2n) is 6.30. The average molecular weight is 359 g/mol. The Morgan fingerprint density at radius 1 is 1.19 bits per heavy atom. The normalized spacial score (nSPS) is 12.1. The van der Waals surface area contributed by atoms with Crippen molar-refractivity contribution < 1.29 is 0 Å². The fourth-order valence-electron chi connectivity index (χ4n) is 3.27. The van der Waals surface area contributed by atoms with E-state index < -0.39 is 6.04 Å². The fourth-order valence-corrected chi connectivity index (χ4v) is 3.27. The van der Waals surface area contributed by atoms with Gasteiger partial charge in [-0.15, -0.1) is 0 Å². The molecule has 3 aromatic heterocycles.